The lowest BCUT2D eigenvalue weighted by Crippen LogP contribution is -2.42. The molecule has 7 heteroatoms. The number of aliphatic imine (C=N–C) groups is 1. The predicted octanol–water partition coefficient (Wildman–Crippen LogP) is 4.39. The van der Waals surface area contributed by atoms with Crippen LogP contribution < -0.4 is 10.6 Å². The quantitative estimate of drug-likeness (QED) is 0.290. The Bertz CT molecular complexity index is 813. The van der Waals surface area contributed by atoms with Crippen molar-refractivity contribution in [3.05, 3.63) is 59.5 Å². The molecule has 2 N–H and O–H groups in total. The van der Waals surface area contributed by atoms with Crippen LogP contribution in [0, 0.1) is 0 Å². The molecule has 0 aliphatic carbocycles. The van der Waals surface area contributed by atoms with Crippen molar-refractivity contribution in [3.8, 4) is 0 Å². The number of nitrogens with zero attached hydrogens (tertiary/aromatic N) is 3. The highest BCUT2D eigenvalue weighted by Crippen LogP contribution is 2.24. The lowest BCUT2D eigenvalue weighted by Gasteiger charge is -2.28. The molecule has 2 saturated heterocycles. The van der Waals surface area contributed by atoms with Gasteiger partial charge in [-0.25, -0.2) is 0 Å². The Labute approximate surface area is 209 Å². The average Bonchev–Trinajstić information content (AvgIpc) is 3.53. The van der Waals surface area contributed by atoms with Crippen molar-refractivity contribution in [1.29, 1.82) is 0 Å². The first kappa shape index (κ1) is 25.1. The normalized spacial score (nSPS) is 18.8. The Morgan fingerprint density at radius 1 is 0.938 bits per heavy atom. The summed E-state index contributed by atoms with van der Waals surface area (Å²) in [4.78, 5) is 9.55. The van der Waals surface area contributed by atoms with Gasteiger partial charge in [0.1, 0.15) is 5.76 Å². The molecule has 1 aromatic carbocycles. The molecule has 1 aromatic heterocycles. The van der Waals surface area contributed by atoms with Crippen molar-refractivity contribution in [2.45, 2.75) is 51.2 Å². The summed E-state index contributed by atoms with van der Waals surface area (Å²) in [6.07, 6.45) is 8.31. The van der Waals surface area contributed by atoms with Crippen LogP contribution in [0.25, 0.3) is 0 Å². The van der Waals surface area contributed by atoms with Gasteiger partial charge in [0.05, 0.1) is 12.3 Å². The summed E-state index contributed by atoms with van der Waals surface area (Å²) in [6.45, 7) is 7.29. The van der Waals surface area contributed by atoms with Gasteiger partial charge in [-0.2, -0.15) is 0 Å². The Morgan fingerprint density at radius 2 is 1.66 bits per heavy atom. The van der Waals surface area contributed by atoms with E-state index < -0.39 is 0 Å². The second-order valence-corrected chi connectivity index (χ2v) is 8.69. The largest absolute Gasteiger partial charge is 0.468 e. The van der Waals surface area contributed by atoms with Crippen LogP contribution in [0.5, 0.6) is 0 Å². The first-order valence-corrected chi connectivity index (χ1v) is 11.8. The summed E-state index contributed by atoms with van der Waals surface area (Å²) in [5, 5.41) is 7.06. The Morgan fingerprint density at radius 3 is 2.34 bits per heavy atom. The Kier molecular flexibility index (Phi) is 10.3. The van der Waals surface area contributed by atoms with Crippen LogP contribution in [0.1, 0.15) is 55.0 Å². The highest BCUT2D eigenvalue weighted by Gasteiger charge is 2.25. The van der Waals surface area contributed by atoms with Crippen LogP contribution in [0.3, 0.4) is 0 Å². The molecule has 0 radical (unpaired) electrons. The summed E-state index contributed by atoms with van der Waals surface area (Å²) < 4.78 is 5.74. The van der Waals surface area contributed by atoms with Crippen LogP contribution in [-0.2, 0) is 13.1 Å². The zero-order valence-electron chi connectivity index (χ0n) is 19.3. The maximum absolute atomic E-state index is 5.74. The molecule has 1 atom stereocenters. The van der Waals surface area contributed by atoms with Gasteiger partial charge in [0.15, 0.2) is 5.96 Å². The van der Waals surface area contributed by atoms with Gasteiger partial charge in [-0.1, -0.05) is 30.7 Å². The summed E-state index contributed by atoms with van der Waals surface area (Å²) in [5.41, 5.74) is 2.76. The monoisotopic (exact) mass is 551 g/mol. The van der Waals surface area contributed by atoms with Crippen molar-refractivity contribution in [2.75, 3.05) is 39.8 Å². The molecule has 2 aromatic rings. The molecule has 0 amide bonds. The first-order valence-electron chi connectivity index (χ1n) is 11.8. The van der Waals surface area contributed by atoms with E-state index in [1.165, 1.54) is 56.3 Å². The van der Waals surface area contributed by atoms with Crippen molar-refractivity contribution in [3.63, 3.8) is 0 Å². The zero-order chi connectivity index (χ0) is 21.3. The van der Waals surface area contributed by atoms with Crippen molar-refractivity contribution >= 4 is 29.9 Å². The van der Waals surface area contributed by atoms with Gasteiger partial charge in [-0.15, -0.1) is 24.0 Å². The van der Waals surface area contributed by atoms with Gasteiger partial charge in [0.25, 0.3) is 0 Å². The standard InChI is InChI=1S/C25H37N5O.HI/c1-26-25(28-19-23(24-12-9-17-31-24)30-15-7-8-16-30)27-18-21-10-3-4-11-22(21)20-29-13-5-2-6-14-29;/h3-4,9-12,17,23H,2,5-8,13-16,18-20H2,1H3,(H2,26,27,28);1H. The maximum Gasteiger partial charge on any atom is 0.191 e. The number of guanidine groups is 1. The summed E-state index contributed by atoms with van der Waals surface area (Å²) in [5.74, 6) is 1.86. The number of nitrogens with one attached hydrogen (secondary N) is 2. The molecular formula is C25H38IN5O. The minimum atomic E-state index is 0. The highest BCUT2D eigenvalue weighted by molar-refractivity contribution is 14.0. The van der Waals surface area contributed by atoms with E-state index in [1.807, 2.05) is 13.1 Å². The van der Waals surface area contributed by atoms with Crippen molar-refractivity contribution in [2.24, 2.45) is 4.99 Å². The first-order chi connectivity index (χ1) is 15.3. The fraction of sp³-hybridized carbons (Fsp3) is 0.560. The second-order valence-electron chi connectivity index (χ2n) is 8.69. The van der Waals surface area contributed by atoms with E-state index in [9.17, 15) is 0 Å². The Balaban J connectivity index is 0.00000289. The van der Waals surface area contributed by atoms with Gasteiger partial charge in [-0.05, 0) is 75.1 Å². The summed E-state index contributed by atoms with van der Waals surface area (Å²) in [7, 11) is 1.84. The van der Waals surface area contributed by atoms with Crippen LogP contribution in [0.4, 0.5) is 0 Å². The number of benzene rings is 1. The topological polar surface area (TPSA) is 56.0 Å². The molecule has 176 valence electrons. The fourth-order valence-corrected chi connectivity index (χ4v) is 4.78. The van der Waals surface area contributed by atoms with E-state index in [4.69, 9.17) is 4.42 Å². The summed E-state index contributed by atoms with van der Waals surface area (Å²) in [6, 6.07) is 13.1. The maximum atomic E-state index is 5.74. The van der Waals surface area contributed by atoms with Crippen LogP contribution in [0.2, 0.25) is 0 Å². The molecule has 0 spiro atoms. The molecule has 0 bridgehead atoms. The molecule has 2 fully saturated rings. The van der Waals surface area contributed by atoms with E-state index in [0.717, 1.165) is 44.4 Å². The molecular weight excluding hydrogens is 513 g/mol. The molecule has 4 rings (SSSR count). The minimum absolute atomic E-state index is 0. The fourth-order valence-electron chi connectivity index (χ4n) is 4.78. The average molecular weight is 552 g/mol. The van der Waals surface area contributed by atoms with Crippen molar-refractivity contribution in [1.82, 2.24) is 20.4 Å². The van der Waals surface area contributed by atoms with Gasteiger partial charge in [-0.3, -0.25) is 14.8 Å². The van der Waals surface area contributed by atoms with Gasteiger partial charge in [0, 0.05) is 26.7 Å². The van der Waals surface area contributed by atoms with Crippen LogP contribution >= 0.6 is 24.0 Å². The Hall–Kier alpha value is -1.58. The lowest BCUT2D eigenvalue weighted by atomic mass is 10.0. The number of halogens is 1. The lowest BCUT2D eigenvalue weighted by molar-refractivity contribution is 0.215. The van der Waals surface area contributed by atoms with Gasteiger partial charge < -0.3 is 15.1 Å². The number of furan rings is 1. The third-order valence-corrected chi connectivity index (χ3v) is 6.55. The van der Waals surface area contributed by atoms with Crippen molar-refractivity contribution < 1.29 is 4.42 Å². The molecule has 6 nitrogen and oxygen atoms in total. The third-order valence-electron chi connectivity index (χ3n) is 6.55. The number of hydrogen-bond acceptors (Lipinski definition) is 4. The van der Waals surface area contributed by atoms with E-state index in [2.05, 4.69) is 55.8 Å². The molecule has 0 saturated carbocycles. The smallest absolute Gasteiger partial charge is 0.191 e. The molecule has 32 heavy (non-hydrogen) atoms. The second kappa shape index (κ2) is 13.2. The number of hydrogen-bond donors (Lipinski definition) is 2. The van der Waals surface area contributed by atoms with Gasteiger partial charge >= 0.3 is 0 Å². The number of likely N-dealkylation sites (tertiary alicyclic amines) is 2. The number of rotatable bonds is 8. The van der Waals surface area contributed by atoms with E-state index in [0.29, 0.717) is 0 Å². The molecule has 2 aliphatic rings. The minimum Gasteiger partial charge on any atom is -0.468 e. The third kappa shape index (κ3) is 6.96. The summed E-state index contributed by atoms with van der Waals surface area (Å²) >= 11 is 0. The highest BCUT2D eigenvalue weighted by atomic mass is 127. The SMILES string of the molecule is CN=C(NCc1ccccc1CN1CCCCC1)NCC(c1ccco1)N1CCCC1.I. The van der Waals surface area contributed by atoms with E-state index in [1.54, 1.807) is 6.26 Å². The van der Waals surface area contributed by atoms with E-state index >= 15 is 0 Å². The zero-order valence-corrected chi connectivity index (χ0v) is 21.6. The van der Waals surface area contributed by atoms with E-state index in [-0.39, 0.29) is 30.0 Å². The molecule has 1 unspecified atom stereocenters. The predicted molar refractivity (Wildman–Crippen MR) is 141 cm³/mol. The molecule has 3 heterocycles. The number of piperidine rings is 1. The van der Waals surface area contributed by atoms with Gasteiger partial charge in [0.2, 0.25) is 0 Å². The van der Waals surface area contributed by atoms with Crippen LogP contribution in [0.15, 0.2) is 52.1 Å². The molecule has 2 aliphatic heterocycles. The van der Waals surface area contributed by atoms with Crippen LogP contribution in [-0.4, -0.2) is 55.5 Å².